The lowest BCUT2D eigenvalue weighted by molar-refractivity contribution is 0.125. The number of piperidine rings is 1. The Morgan fingerprint density at radius 3 is 2.42 bits per heavy atom. The summed E-state index contributed by atoms with van der Waals surface area (Å²) >= 11 is 0. The number of rotatable bonds is 6. The van der Waals surface area contributed by atoms with Crippen molar-refractivity contribution >= 4 is 0 Å². The normalized spacial score (nSPS) is 33.9. The van der Waals surface area contributed by atoms with Crippen LogP contribution < -0.4 is 5.32 Å². The zero-order valence-corrected chi connectivity index (χ0v) is 12.7. The lowest BCUT2D eigenvalue weighted by atomic mass is 9.90. The average Bonchev–Trinajstić information content (AvgIpc) is 3.04. The van der Waals surface area contributed by atoms with Crippen molar-refractivity contribution in [2.24, 2.45) is 11.8 Å². The third-order valence-electron chi connectivity index (χ3n) is 5.35. The van der Waals surface area contributed by atoms with Gasteiger partial charge in [-0.2, -0.15) is 0 Å². The molecule has 2 atom stereocenters. The first kappa shape index (κ1) is 13.9. The molecule has 3 aliphatic rings. The molecule has 0 amide bonds. The highest BCUT2D eigenvalue weighted by atomic mass is 15.2. The van der Waals surface area contributed by atoms with Crippen LogP contribution in [0.4, 0.5) is 0 Å². The fraction of sp³-hybridized carbons (Fsp3) is 1.00. The molecule has 1 heterocycles. The van der Waals surface area contributed by atoms with Gasteiger partial charge in [-0.25, -0.2) is 0 Å². The molecule has 0 aromatic heterocycles. The maximum absolute atomic E-state index is 3.99. The molecule has 0 bridgehead atoms. The predicted molar refractivity (Wildman–Crippen MR) is 81.4 cm³/mol. The molecule has 3 rings (SSSR count). The molecule has 1 saturated heterocycles. The van der Waals surface area contributed by atoms with E-state index in [1.54, 1.807) is 0 Å². The van der Waals surface area contributed by atoms with Gasteiger partial charge >= 0.3 is 0 Å². The minimum atomic E-state index is 0.784. The molecule has 2 saturated carbocycles. The molecule has 1 N–H and O–H groups in total. The number of hydrogen-bond acceptors (Lipinski definition) is 2. The minimum absolute atomic E-state index is 0.784. The van der Waals surface area contributed by atoms with E-state index in [0.717, 1.165) is 23.9 Å². The summed E-state index contributed by atoms with van der Waals surface area (Å²) in [6.07, 6.45) is 13.0. The molecule has 19 heavy (non-hydrogen) atoms. The first-order valence-corrected chi connectivity index (χ1v) is 8.82. The smallest absolute Gasteiger partial charge is 0.0200 e. The summed E-state index contributed by atoms with van der Waals surface area (Å²) < 4.78 is 0. The maximum Gasteiger partial charge on any atom is 0.0200 e. The SMILES string of the molecule is CCCC1CC(NC2CCCC2)CN(CC2CC2)C1. The Bertz CT molecular complexity index is 268. The van der Waals surface area contributed by atoms with E-state index >= 15 is 0 Å². The fourth-order valence-electron chi connectivity index (χ4n) is 4.28. The summed E-state index contributed by atoms with van der Waals surface area (Å²) in [5.74, 6) is 2.00. The number of nitrogens with zero attached hydrogens (tertiary/aromatic N) is 1. The van der Waals surface area contributed by atoms with Gasteiger partial charge in [0.2, 0.25) is 0 Å². The van der Waals surface area contributed by atoms with Gasteiger partial charge < -0.3 is 10.2 Å². The summed E-state index contributed by atoms with van der Waals surface area (Å²) in [4.78, 5) is 2.79. The van der Waals surface area contributed by atoms with Gasteiger partial charge in [0.1, 0.15) is 0 Å². The van der Waals surface area contributed by atoms with Crippen molar-refractivity contribution in [3.05, 3.63) is 0 Å². The Kier molecular flexibility index (Phi) is 4.81. The minimum Gasteiger partial charge on any atom is -0.310 e. The average molecular weight is 264 g/mol. The van der Waals surface area contributed by atoms with Gasteiger partial charge in [-0.1, -0.05) is 26.2 Å². The number of nitrogens with one attached hydrogen (secondary N) is 1. The largest absolute Gasteiger partial charge is 0.310 e. The quantitative estimate of drug-likeness (QED) is 0.791. The van der Waals surface area contributed by atoms with Gasteiger partial charge in [-0.15, -0.1) is 0 Å². The van der Waals surface area contributed by atoms with Gasteiger partial charge in [0, 0.05) is 31.7 Å². The summed E-state index contributed by atoms with van der Waals surface area (Å²) in [5.41, 5.74) is 0. The molecule has 2 heteroatoms. The van der Waals surface area contributed by atoms with Crippen LogP contribution >= 0.6 is 0 Å². The van der Waals surface area contributed by atoms with E-state index < -0.39 is 0 Å². The lowest BCUT2D eigenvalue weighted by Gasteiger charge is -2.39. The summed E-state index contributed by atoms with van der Waals surface area (Å²) in [6.45, 7) is 6.45. The molecule has 2 aliphatic carbocycles. The zero-order chi connectivity index (χ0) is 13.1. The number of likely N-dealkylation sites (tertiary alicyclic amines) is 1. The van der Waals surface area contributed by atoms with E-state index in [1.807, 2.05) is 0 Å². The molecule has 0 radical (unpaired) electrons. The van der Waals surface area contributed by atoms with Crippen molar-refractivity contribution in [2.45, 2.75) is 76.8 Å². The monoisotopic (exact) mass is 264 g/mol. The topological polar surface area (TPSA) is 15.3 Å². The van der Waals surface area contributed by atoms with Gasteiger partial charge in [-0.05, 0) is 50.4 Å². The third-order valence-corrected chi connectivity index (χ3v) is 5.35. The Morgan fingerprint density at radius 2 is 1.74 bits per heavy atom. The Labute approximate surface area is 119 Å². The van der Waals surface area contributed by atoms with Crippen LogP contribution in [0.3, 0.4) is 0 Å². The first-order chi connectivity index (χ1) is 9.33. The van der Waals surface area contributed by atoms with Crippen LogP contribution in [-0.4, -0.2) is 36.6 Å². The van der Waals surface area contributed by atoms with Crippen molar-refractivity contribution in [2.75, 3.05) is 19.6 Å². The van der Waals surface area contributed by atoms with E-state index in [2.05, 4.69) is 17.1 Å². The third kappa shape index (κ3) is 4.19. The molecule has 2 nitrogen and oxygen atoms in total. The van der Waals surface area contributed by atoms with Crippen LogP contribution in [0, 0.1) is 11.8 Å². The van der Waals surface area contributed by atoms with Crippen LogP contribution in [-0.2, 0) is 0 Å². The number of hydrogen-bond donors (Lipinski definition) is 1. The second-order valence-electron chi connectivity index (χ2n) is 7.40. The van der Waals surface area contributed by atoms with Crippen molar-refractivity contribution < 1.29 is 0 Å². The molecule has 1 aliphatic heterocycles. The zero-order valence-electron chi connectivity index (χ0n) is 12.7. The van der Waals surface area contributed by atoms with Crippen LogP contribution in [0.1, 0.15) is 64.7 Å². The van der Waals surface area contributed by atoms with Crippen LogP contribution in [0.2, 0.25) is 0 Å². The Hall–Kier alpha value is -0.0800. The van der Waals surface area contributed by atoms with Crippen LogP contribution in [0.5, 0.6) is 0 Å². The fourth-order valence-corrected chi connectivity index (χ4v) is 4.28. The van der Waals surface area contributed by atoms with Gasteiger partial charge in [0.15, 0.2) is 0 Å². The molecule has 2 unspecified atom stereocenters. The lowest BCUT2D eigenvalue weighted by Crippen LogP contribution is -2.51. The van der Waals surface area contributed by atoms with Gasteiger partial charge in [-0.3, -0.25) is 0 Å². The van der Waals surface area contributed by atoms with Crippen molar-refractivity contribution in [3.8, 4) is 0 Å². The Morgan fingerprint density at radius 1 is 0.947 bits per heavy atom. The molecule has 0 spiro atoms. The standard InChI is InChI=1S/C17H32N2/c1-2-5-15-10-17(18-16-6-3-4-7-16)13-19(12-15)11-14-8-9-14/h14-18H,2-13H2,1H3. The molecule has 0 aromatic rings. The highest BCUT2D eigenvalue weighted by Gasteiger charge is 2.32. The second kappa shape index (κ2) is 6.58. The molecule has 3 fully saturated rings. The summed E-state index contributed by atoms with van der Waals surface area (Å²) in [7, 11) is 0. The van der Waals surface area contributed by atoms with Crippen LogP contribution in [0.25, 0.3) is 0 Å². The van der Waals surface area contributed by atoms with E-state index in [1.165, 1.54) is 77.4 Å². The maximum atomic E-state index is 3.99. The van der Waals surface area contributed by atoms with Crippen molar-refractivity contribution in [1.82, 2.24) is 10.2 Å². The van der Waals surface area contributed by atoms with E-state index in [9.17, 15) is 0 Å². The van der Waals surface area contributed by atoms with Crippen molar-refractivity contribution in [1.29, 1.82) is 0 Å². The van der Waals surface area contributed by atoms with E-state index in [-0.39, 0.29) is 0 Å². The summed E-state index contributed by atoms with van der Waals surface area (Å²) in [6, 6.07) is 1.63. The van der Waals surface area contributed by atoms with E-state index in [4.69, 9.17) is 0 Å². The second-order valence-corrected chi connectivity index (χ2v) is 7.40. The van der Waals surface area contributed by atoms with Gasteiger partial charge in [0.05, 0.1) is 0 Å². The highest BCUT2D eigenvalue weighted by molar-refractivity contribution is 4.89. The first-order valence-electron chi connectivity index (χ1n) is 8.82. The highest BCUT2D eigenvalue weighted by Crippen LogP contribution is 2.32. The predicted octanol–water partition coefficient (Wildman–Crippen LogP) is 3.42. The molecule has 0 aromatic carbocycles. The molecular weight excluding hydrogens is 232 g/mol. The van der Waals surface area contributed by atoms with Gasteiger partial charge in [0.25, 0.3) is 0 Å². The Balaban J connectivity index is 1.51. The van der Waals surface area contributed by atoms with E-state index in [0.29, 0.717) is 0 Å². The van der Waals surface area contributed by atoms with Crippen LogP contribution in [0.15, 0.2) is 0 Å². The summed E-state index contributed by atoms with van der Waals surface area (Å²) in [5, 5.41) is 3.99. The molecule has 110 valence electrons. The molecular formula is C17H32N2. The van der Waals surface area contributed by atoms with Crippen molar-refractivity contribution in [3.63, 3.8) is 0 Å².